The summed E-state index contributed by atoms with van der Waals surface area (Å²) in [6.07, 6.45) is 3.00. The summed E-state index contributed by atoms with van der Waals surface area (Å²) in [5.41, 5.74) is 0.791. The van der Waals surface area contributed by atoms with Crippen LogP contribution in [0.15, 0.2) is 35.2 Å². The lowest BCUT2D eigenvalue weighted by Gasteiger charge is -2.25. The van der Waals surface area contributed by atoms with Crippen molar-refractivity contribution >= 4 is 26.7 Å². The molecule has 0 atom stereocenters. The minimum absolute atomic E-state index is 0.357. The smallest absolute Gasteiger partial charge is 0.243 e. The van der Waals surface area contributed by atoms with Gasteiger partial charge >= 0.3 is 0 Å². The van der Waals surface area contributed by atoms with Crippen LogP contribution < -0.4 is 5.32 Å². The maximum absolute atomic E-state index is 12.6. The third kappa shape index (κ3) is 2.73. The molecule has 6 heteroatoms. The second-order valence-electron chi connectivity index (χ2n) is 5.27. The highest BCUT2D eigenvalue weighted by atomic mass is 32.2. The molecule has 0 bridgehead atoms. The number of aromatic nitrogens is 1. The number of nitrogens with one attached hydrogen (secondary N) is 1. The van der Waals surface area contributed by atoms with Crippen LogP contribution in [-0.2, 0) is 10.0 Å². The SMILES string of the molecule is CNc1ccc2cc(S(=O)(=O)N3CCCCC3)ccc2n1. The fraction of sp³-hybridized carbons (Fsp3) is 0.400. The van der Waals surface area contributed by atoms with Crippen LogP contribution >= 0.6 is 0 Å². The molecule has 1 N–H and O–H groups in total. The van der Waals surface area contributed by atoms with Crippen molar-refractivity contribution in [1.29, 1.82) is 0 Å². The van der Waals surface area contributed by atoms with E-state index >= 15 is 0 Å². The van der Waals surface area contributed by atoms with Crippen molar-refractivity contribution in [2.45, 2.75) is 24.2 Å². The largest absolute Gasteiger partial charge is 0.373 e. The standard InChI is InChI=1S/C15H19N3O2S/c1-16-15-8-5-12-11-13(6-7-14(12)17-15)21(19,20)18-9-3-2-4-10-18/h5-8,11H,2-4,9-10H2,1H3,(H,16,17). The van der Waals surface area contributed by atoms with E-state index in [2.05, 4.69) is 10.3 Å². The highest BCUT2D eigenvalue weighted by molar-refractivity contribution is 7.89. The maximum Gasteiger partial charge on any atom is 0.243 e. The van der Waals surface area contributed by atoms with Gasteiger partial charge in [0.25, 0.3) is 0 Å². The van der Waals surface area contributed by atoms with Crippen LogP contribution in [0.25, 0.3) is 10.9 Å². The van der Waals surface area contributed by atoms with E-state index in [0.717, 1.165) is 36.0 Å². The van der Waals surface area contributed by atoms with Crippen LogP contribution in [0.5, 0.6) is 0 Å². The van der Waals surface area contributed by atoms with E-state index in [1.165, 1.54) is 0 Å². The molecule has 1 aromatic carbocycles. The lowest BCUT2D eigenvalue weighted by atomic mass is 10.2. The minimum atomic E-state index is -3.38. The van der Waals surface area contributed by atoms with Crippen LogP contribution in [0.3, 0.4) is 0 Å². The van der Waals surface area contributed by atoms with Crippen LogP contribution in [0.1, 0.15) is 19.3 Å². The Balaban J connectivity index is 2.00. The molecule has 1 aliphatic heterocycles. The first-order chi connectivity index (χ1) is 10.1. The number of piperidine rings is 1. The number of rotatable bonds is 3. The molecular weight excluding hydrogens is 286 g/mol. The van der Waals surface area contributed by atoms with Gasteiger partial charge in [-0.05, 0) is 43.2 Å². The number of benzene rings is 1. The summed E-state index contributed by atoms with van der Waals surface area (Å²) in [5, 5.41) is 3.82. The van der Waals surface area contributed by atoms with E-state index in [1.807, 2.05) is 19.2 Å². The molecule has 112 valence electrons. The minimum Gasteiger partial charge on any atom is -0.373 e. The molecular formula is C15H19N3O2S. The van der Waals surface area contributed by atoms with E-state index in [1.54, 1.807) is 22.5 Å². The van der Waals surface area contributed by atoms with E-state index in [0.29, 0.717) is 18.0 Å². The Morgan fingerprint density at radius 1 is 1.10 bits per heavy atom. The van der Waals surface area contributed by atoms with Crippen molar-refractivity contribution in [3.63, 3.8) is 0 Å². The first-order valence-electron chi connectivity index (χ1n) is 7.20. The van der Waals surface area contributed by atoms with Gasteiger partial charge in [0.05, 0.1) is 10.4 Å². The highest BCUT2D eigenvalue weighted by Crippen LogP contribution is 2.24. The molecule has 0 unspecified atom stereocenters. The van der Waals surface area contributed by atoms with Gasteiger partial charge in [-0.3, -0.25) is 0 Å². The highest BCUT2D eigenvalue weighted by Gasteiger charge is 2.25. The summed E-state index contributed by atoms with van der Waals surface area (Å²) >= 11 is 0. The second kappa shape index (κ2) is 5.61. The number of nitrogens with zero attached hydrogens (tertiary/aromatic N) is 2. The van der Waals surface area contributed by atoms with Crippen molar-refractivity contribution in [3.05, 3.63) is 30.3 Å². The summed E-state index contributed by atoms with van der Waals surface area (Å²) in [4.78, 5) is 4.77. The number of anilines is 1. The van der Waals surface area contributed by atoms with Crippen molar-refractivity contribution in [1.82, 2.24) is 9.29 Å². The number of hydrogen-bond acceptors (Lipinski definition) is 4. The first kappa shape index (κ1) is 14.3. The Labute approximate surface area is 125 Å². The average molecular weight is 305 g/mol. The predicted molar refractivity (Wildman–Crippen MR) is 83.9 cm³/mol. The molecule has 2 aromatic rings. The van der Waals surface area contributed by atoms with Gasteiger partial charge < -0.3 is 5.32 Å². The summed E-state index contributed by atoms with van der Waals surface area (Å²) in [6, 6.07) is 8.88. The molecule has 3 rings (SSSR count). The maximum atomic E-state index is 12.6. The Morgan fingerprint density at radius 2 is 1.86 bits per heavy atom. The molecule has 1 aliphatic rings. The van der Waals surface area contributed by atoms with E-state index in [9.17, 15) is 8.42 Å². The fourth-order valence-electron chi connectivity index (χ4n) is 2.66. The Kier molecular flexibility index (Phi) is 3.82. The van der Waals surface area contributed by atoms with Crippen LogP contribution in [-0.4, -0.2) is 37.8 Å². The predicted octanol–water partition coefficient (Wildman–Crippen LogP) is 2.45. The molecule has 1 saturated heterocycles. The molecule has 0 amide bonds. The van der Waals surface area contributed by atoms with Gasteiger partial charge in [0.1, 0.15) is 5.82 Å². The lowest BCUT2D eigenvalue weighted by Crippen LogP contribution is -2.35. The van der Waals surface area contributed by atoms with Crippen molar-refractivity contribution in [3.8, 4) is 0 Å². The molecule has 0 radical (unpaired) electrons. The third-order valence-electron chi connectivity index (χ3n) is 3.87. The number of pyridine rings is 1. The van der Waals surface area contributed by atoms with Gasteiger partial charge in [-0.1, -0.05) is 6.42 Å². The number of hydrogen-bond donors (Lipinski definition) is 1. The molecule has 0 aliphatic carbocycles. The zero-order valence-electron chi connectivity index (χ0n) is 12.0. The van der Waals surface area contributed by atoms with Crippen LogP contribution in [0, 0.1) is 0 Å². The third-order valence-corrected chi connectivity index (χ3v) is 5.76. The van der Waals surface area contributed by atoms with Crippen molar-refractivity contribution < 1.29 is 8.42 Å². The van der Waals surface area contributed by atoms with Crippen LogP contribution in [0.4, 0.5) is 5.82 Å². The zero-order valence-corrected chi connectivity index (χ0v) is 12.9. The number of fused-ring (bicyclic) bond motifs is 1. The molecule has 1 fully saturated rings. The zero-order chi connectivity index (χ0) is 14.9. The molecule has 5 nitrogen and oxygen atoms in total. The molecule has 1 aromatic heterocycles. The first-order valence-corrected chi connectivity index (χ1v) is 8.64. The van der Waals surface area contributed by atoms with Gasteiger partial charge in [0.2, 0.25) is 10.0 Å². The Bertz CT molecular complexity index is 753. The van der Waals surface area contributed by atoms with E-state index in [-0.39, 0.29) is 0 Å². The quantitative estimate of drug-likeness (QED) is 0.946. The summed E-state index contributed by atoms with van der Waals surface area (Å²) in [7, 11) is -1.57. The summed E-state index contributed by atoms with van der Waals surface area (Å²) in [5.74, 6) is 0.772. The molecule has 21 heavy (non-hydrogen) atoms. The van der Waals surface area contributed by atoms with Crippen molar-refractivity contribution in [2.75, 3.05) is 25.5 Å². The average Bonchev–Trinajstić information content (AvgIpc) is 2.54. The normalized spacial score (nSPS) is 17.0. The second-order valence-corrected chi connectivity index (χ2v) is 7.20. The van der Waals surface area contributed by atoms with E-state index < -0.39 is 10.0 Å². The Morgan fingerprint density at radius 3 is 2.57 bits per heavy atom. The monoisotopic (exact) mass is 305 g/mol. The molecule has 0 spiro atoms. The fourth-order valence-corrected chi connectivity index (χ4v) is 4.21. The van der Waals surface area contributed by atoms with Crippen LogP contribution in [0.2, 0.25) is 0 Å². The molecule has 2 heterocycles. The number of sulfonamides is 1. The van der Waals surface area contributed by atoms with Gasteiger partial charge in [-0.15, -0.1) is 0 Å². The summed E-state index contributed by atoms with van der Waals surface area (Å²) in [6.45, 7) is 1.24. The van der Waals surface area contributed by atoms with Gasteiger partial charge in [-0.2, -0.15) is 4.31 Å². The van der Waals surface area contributed by atoms with Gasteiger partial charge in [0.15, 0.2) is 0 Å². The van der Waals surface area contributed by atoms with Crippen molar-refractivity contribution in [2.24, 2.45) is 0 Å². The molecule has 0 saturated carbocycles. The topological polar surface area (TPSA) is 62.3 Å². The van der Waals surface area contributed by atoms with Gasteiger partial charge in [0, 0.05) is 25.5 Å². The van der Waals surface area contributed by atoms with E-state index in [4.69, 9.17) is 0 Å². The van der Waals surface area contributed by atoms with Gasteiger partial charge in [-0.25, -0.2) is 13.4 Å². The summed E-state index contributed by atoms with van der Waals surface area (Å²) < 4.78 is 26.9. The lowest BCUT2D eigenvalue weighted by molar-refractivity contribution is 0.346. The Hall–Kier alpha value is -1.66.